The van der Waals surface area contributed by atoms with Gasteiger partial charge in [-0.15, -0.1) is 0 Å². The fourth-order valence-corrected chi connectivity index (χ4v) is 1.78. The largest absolute Gasteiger partial charge is 0.496 e. The van der Waals surface area contributed by atoms with E-state index in [4.69, 9.17) is 9.47 Å². The Morgan fingerprint density at radius 3 is 2.07 bits per heavy atom. The Morgan fingerprint density at radius 2 is 1.71 bits per heavy atom. The van der Waals surface area contributed by atoms with Gasteiger partial charge in [0.15, 0.2) is 0 Å². The number of benzene rings is 1. The van der Waals surface area contributed by atoms with Crippen LogP contribution in [0.2, 0.25) is 0 Å². The van der Waals surface area contributed by atoms with Gasteiger partial charge in [-0.3, -0.25) is 0 Å². The Hall–Kier alpha value is -1.22. The summed E-state index contributed by atoms with van der Waals surface area (Å²) in [7, 11) is 3.40. The van der Waals surface area contributed by atoms with E-state index in [2.05, 4.69) is 5.32 Å². The highest BCUT2D eigenvalue weighted by molar-refractivity contribution is 5.48. The van der Waals surface area contributed by atoms with Gasteiger partial charge in [-0.25, -0.2) is 0 Å². The van der Waals surface area contributed by atoms with Crippen LogP contribution in [-0.4, -0.2) is 27.3 Å². The van der Waals surface area contributed by atoms with E-state index < -0.39 is 0 Å². The van der Waals surface area contributed by atoms with E-state index in [1.807, 2.05) is 18.2 Å². The van der Waals surface area contributed by atoms with Gasteiger partial charge in [0.25, 0.3) is 0 Å². The summed E-state index contributed by atoms with van der Waals surface area (Å²) in [4.78, 5) is 0. The van der Waals surface area contributed by atoms with E-state index in [1.54, 1.807) is 14.2 Å². The molecule has 1 N–H and O–H groups in total. The van der Waals surface area contributed by atoms with E-state index in [9.17, 15) is 0 Å². The van der Waals surface area contributed by atoms with Crippen molar-refractivity contribution in [2.45, 2.75) is 5.92 Å². The first-order valence-corrected chi connectivity index (χ1v) is 4.78. The third-order valence-electron chi connectivity index (χ3n) is 2.66. The number of methoxy groups -OCH3 is 2. The number of hydrogen-bond acceptors (Lipinski definition) is 3. The molecule has 0 saturated carbocycles. The standard InChI is InChI=1S/C11H15NO2/c1-13-9-4-3-5-10(14-2)11(9)8-6-12-7-8/h3-5,8,12H,6-7H2,1-2H3. The second-order valence-corrected chi connectivity index (χ2v) is 3.43. The van der Waals surface area contributed by atoms with Crippen LogP contribution in [0.4, 0.5) is 0 Å². The van der Waals surface area contributed by atoms with Gasteiger partial charge in [-0.05, 0) is 12.1 Å². The van der Waals surface area contributed by atoms with Crippen molar-refractivity contribution < 1.29 is 9.47 Å². The molecule has 2 rings (SSSR count). The van der Waals surface area contributed by atoms with E-state index in [-0.39, 0.29) is 0 Å². The molecule has 1 aromatic rings. The molecule has 3 heteroatoms. The van der Waals surface area contributed by atoms with Gasteiger partial charge >= 0.3 is 0 Å². The Morgan fingerprint density at radius 1 is 1.14 bits per heavy atom. The van der Waals surface area contributed by atoms with Gasteiger partial charge in [0.1, 0.15) is 11.5 Å². The van der Waals surface area contributed by atoms with Gasteiger partial charge in [0.05, 0.1) is 14.2 Å². The molecule has 0 atom stereocenters. The second kappa shape index (κ2) is 3.88. The predicted molar refractivity (Wildman–Crippen MR) is 55.2 cm³/mol. The molecule has 0 radical (unpaired) electrons. The zero-order chi connectivity index (χ0) is 9.97. The highest BCUT2D eigenvalue weighted by Crippen LogP contribution is 2.36. The second-order valence-electron chi connectivity index (χ2n) is 3.43. The highest BCUT2D eigenvalue weighted by Gasteiger charge is 2.25. The summed E-state index contributed by atoms with van der Waals surface area (Å²) >= 11 is 0. The lowest BCUT2D eigenvalue weighted by atomic mass is 9.92. The SMILES string of the molecule is COc1cccc(OC)c1C1CNC1. The number of rotatable bonds is 3. The summed E-state index contributed by atoms with van der Waals surface area (Å²) in [5, 5.41) is 3.25. The average Bonchev–Trinajstić information content (AvgIpc) is 2.15. The first-order chi connectivity index (χ1) is 6.86. The van der Waals surface area contributed by atoms with Crippen LogP contribution in [0.15, 0.2) is 18.2 Å². The van der Waals surface area contributed by atoms with Crippen molar-refractivity contribution in [3.63, 3.8) is 0 Å². The average molecular weight is 193 g/mol. The molecule has 0 amide bonds. The number of ether oxygens (including phenoxy) is 2. The van der Waals surface area contributed by atoms with Crippen LogP contribution in [0.3, 0.4) is 0 Å². The van der Waals surface area contributed by atoms with Crippen molar-refractivity contribution in [2.24, 2.45) is 0 Å². The maximum absolute atomic E-state index is 5.34. The Labute approximate surface area is 84.0 Å². The smallest absolute Gasteiger partial charge is 0.126 e. The molecule has 0 aromatic heterocycles. The lowest BCUT2D eigenvalue weighted by molar-refractivity contribution is 0.357. The first kappa shape index (κ1) is 9.34. The summed E-state index contributed by atoms with van der Waals surface area (Å²) in [6, 6.07) is 5.92. The summed E-state index contributed by atoms with van der Waals surface area (Å²) in [6.45, 7) is 2.02. The topological polar surface area (TPSA) is 30.5 Å². The van der Waals surface area contributed by atoms with Crippen molar-refractivity contribution in [3.05, 3.63) is 23.8 Å². The first-order valence-electron chi connectivity index (χ1n) is 4.78. The fourth-order valence-electron chi connectivity index (χ4n) is 1.78. The van der Waals surface area contributed by atoms with E-state index >= 15 is 0 Å². The third kappa shape index (κ3) is 1.44. The molecule has 1 aliphatic heterocycles. The summed E-state index contributed by atoms with van der Waals surface area (Å²) < 4.78 is 10.7. The minimum Gasteiger partial charge on any atom is -0.496 e. The number of hydrogen-bond donors (Lipinski definition) is 1. The van der Waals surface area contributed by atoms with Gasteiger partial charge in [0.2, 0.25) is 0 Å². The number of nitrogens with one attached hydrogen (secondary N) is 1. The molecule has 14 heavy (non-hydrogen) atoms. The van der Waals surface area contributed by atoms with Crippen LogP contribution < -0.4 is 14.8 Å². The Balaban J connectivity index is 2.39. The lowest BCUT2D eigenvalue weighted by Gasteiger charge is -2.29. The molecule has 76 valence electrons. The minimum absolute atomic E-state index is 0.529. The van der Waals surface area contributed by atoms with Crippen LogP contribution in [0.5, 0.6) is 11.5 Å². The molecular formula is C11H15NO2. The van der Waals surface area contributed by atoms with Gasteiger partial charge in [-0.1, -0.05) is 6.07 Å². The molecular weight excluding hydrogens is 178 g/mol. The maximum Gasteiger partial charge on any atom is 0.126 e. The van der Waals surface area contributed by atoms with Crippen molar-refractivity contribution in [1.29, 1.82) is 0 Å². The maximum atomic E-state index is 5.34. The predicted octanol–water partition coefficient (Wildman–Crippen LogP) is 1.39. The molecule has 0 bridgehead atoms. The summed E-state index contributed by atoms with van der Waals surface area (Å²) in [5.41, 5.74) is 1.19. The monoisotopic (exact) mass is 193 g/mol. The minimum atomic E-state index is 0.529. The van der Waals surface area contributed by atoms with E-state index in [1.165, 1.54) is 5.56 Å². The summed E-state index contributed by atoms with van der Waals surface area (Å²) in [6.07, 6.45) is 0. The molecule has 1 heterocycles. The molecule has 1 saturated heterocycles. The summed E-state index contributed by atoms with van der Waals surface area (Å²) in [5.74, 6) is 2.38. The lowest BCUT2D eigenvalue weighted by Crippen LogP contribution is -2.40. The van der Waals surface area contributed by atoms with Crippen LogP contribution >= 0.6 is 0 Å². The van der Waals surface area contributed by atoms with E-state index in [0.29, 0.717) is 5.92 Å². The quantitative estimate of drug-likeness (QED) is 0.787. The molecule has 0 spiro atoms. The molecule has 1 aromatic carbocycles. The van der Waals surface area contributed by atoms with Crippen molar-refractivity contribution in [1.82, 2.24) is 5.32 Å². The normalized spacial score (nSPS) is 16.1. The fraction of sp³-hybridized carbons (Fsp3) is 0.455. The van der Waals surface area contributed by atoms with Gasteiger partial charge in [-0.2, -0.15) is 0 Å². The Bertz CT molecular complexity index is 299. The van der Waals surface area contributed by atoms with Crippen molar-refractivity contribution in [2.75, 3.05) is 27.3 Å². The van der Waals surface area contributed by atoms with Crippen LogP contribution in [0, 0.1) is 0 Å². The van der Waals surface area contributed by atoms with Crippen LogP contribution in [0.25, 0.3) is 0 Å². The van der Waals surface area contributed by atoms with Crippen LogP contribution in [0.1, 0.15) is 11.5 Å². The van der Waals surface area contributed by atoms with Gasteiger partial charge < -0.3 is 14.8 Å². The van der Waals surface area contributed by atoms with Gasteiger partial charge in [0, 0.05) is 24.6 Å². The third-order valence-corrected chi connectivity index (χ3v) is 2.66. The highest BCUT2D eigenvalue weighted by atomic mass is 16.5. The zero-order valence-corrected chi connectivity index (χ0v) is 8.54. The zero-order valence-electron chi connectivity index (χ0n) is 8.54. The van der Waals surface area contributed by atoms with Crippen LogP contribution in [-0.2, 0) is 0 Å². The molecule has 0 unspecified atom stereocenters. The van der Waals surface area contributed by atoms with Crippen molar-refractivity contribution in [3.8, 4) is 11.5 Å². The van der Waals surface area contributed by atoms with Crippen molar-refractivity contribution >= 4 is 0 Å². The Kier molecular flexibility index (Phi) is 2.59. The molecule has 1 fully saturated rings. The van der Waals surface area contributed by atoms with E-state index in [0.717, 1.165) is 24.6 Å². The molecule has 0 aliphatic carbocycles. The molecule has 3 nitrogen and oxygen atoms in total. The molecule has 1 aliphatic rings.